The molecule has 1 N–H and O–H groups in total. The van der Waals surface area contributed by atoms with Crippen LogP contribution in [0.3, 0.4) is 0 Å². The number of anilines is 1. The molecule has 0 spiro atoms. The fourth-order valence-electron chi connectivity index (χ4n) is 3.92. The molecule has 29 heavy (non-hydrogen) atoms. The summed E-state index contributed by atoms with van der Waals surface area (Å²) in [7, 11) is 1.87. The fourth-order valence-corrected chi connectivity index (χ4v) is 4.78. The zero-order valence-electron chi connectivity index (χ0n) is 16.2. The predicted molar refractivity (Wildman–Crippen MR) is 117 cm³/mol. The van der Waals surface area contributed by atoms with Crippen LogP contribution in [-0.4, -0.2) is 33.8 Å². The third-order valence-electron chi connectivity index (χ3n) is 5.49. The second-order valence-electron chi connectivity index (χ2n) is 7.41. The number of nitrogens with one attached hydrogen (secondary N) is 1. The number of hydrogen-bond donors (Lipinski definition) is 1. The highest BCUT2D eigenvalue weighted by Gasteiger charge is 2.20. The molecular weight excluding hydrogens is 384 g/mol. The summed E-state index contributed by atoms with van der Waals surface area (Å²) < 4.78 is 8.43. The van der Waals surface area contributed by atoms with Crippen LogP contribution in [0.5, 0.6) is 0 Å². The Bertz CT molecular complexity index is 1190. The van der Waals surface area contributed by atoms with E-state index in [1.807, 2.05) is 37.5 Å². The molecule has 0 bridgehead atoms. The Labute approximate surface area is 172 Å². The number of ether oxygens (including phenoxy) is 1. The number of hydrogen-bond acceptors (Lipinski definition) is 6. The van der Waals surface area contributed by atoms with Crippen molar-refractivity contribution >= 4 is 43.8 Å². The molecule has 6 nitrogen and oxygen atoms in total. The molecule has 0 aliphatic heterocycles. The first-order valence-electron chi connectivity index (χ1n) is 9.98. The summed E-state index contributed by atoms with van der Waals surface area (Å²) in [5, 5.41) is 3.98. The molecule has 1 aromatic carbocycles. The van der Waals surface area contributed by atoms with Crippen molar-refractivity contribution in [2.24, 2.45) is 0 Å². The summed E-state index contributed by atoms with van der Waals surface area (Å²) in [5.74, 6) is 0. The molecule has 7 heteroatoms. The van der Waals surface area contributed by atoms with Gasteiger partial charge in [-0.2, -0.15) is 0 Å². The van der Waals surface area contributed by atoms with Gasteiger partial charge in [-0.3, -0.25) is 9.55 Å². The number of fused-ring (bicyclic) bond motifs is 2. The van der Waals surface area contributed by atoms with E-state index in [0.717, 1.165) is 63.2 Å². The maximum atomic E-state index is 12.7. The molecule has 0 radical (unpaired) electrons. The van der Waals surface area contributed by atoms with Gasteiger partial charge in [-0.05, 0) is 55.5 Å². The highest BCUT2D eigenvalue weighted by Crippen LogP contribution is 2.31. The van der Waals surface area contributed by atoms with Gasteiger partial charge < -0.3 is 10.1 Å². The second kappa shape index (κ2) is 7.48. The fraction of sp³-hybridized carbons (Fsp3) is 0.318. The van der Waals surface area contributed by atoms with Crippen molar-refractivity contribution in [3.63, 3.8) is 0 Å². The van der Waals surface area contributed by atoms with E-state index < -0.39 is 0 Å². The van der Waals surface area contributed by atoms with E-state index in [2.05, 4.69) is 21.4 Å². The molecule has 0 saturated heterocycles. The van der Waals surface area contributed by atoms with E-state index in [1.165, 1.54) is 6.42 Å². The zero-order chi connectivity index (χ0) is 19.8. The third kappa shape index (κ3) is 3.46. The monoisotopic (exact) mass is 406 g/mol. The van der Waals surface area contributed by atoms with Gasteiger partial charge in [0, 0.05) is 25.0 Å². The number of aromatic nitrogens is 3. The average molecular weight is 407 g/mol. The van der Waals surface area contributed by atoms with Gasteiger partial charge >= 0.3 is 6.09 Å². The molecule has 1 aliphatic rings. The predicted octanol–water partition coefficient (Wildman–Crippen LogP) is 5.67. The van der Waals surface area contributed by atoms with Crippen LogP contribution in [0.4, 0.5) is 9.93 Å². The number of nitrogens with zero attached hydrogens (tertiary/aromatic N) is 3. The van der Waals surface area contributed by atoms with E-state index in [1.54, 1.807) is 22.1 Å². The number of rotatable bonds is 3. The highest BCUT2D eigenvalue weighted by molar-refractivity contribution is 7.22. The zero-order valence-corrected chi connectivity index (χ0v) is 17.0. The van der Waals surface area contributed by atoms with Gasteiger partial charge in [0.2, 0.25) is 0 Å². The Balaban J connectivity index is 1.48. The standard InChI is InChI=1S/C22H22N4O2S/c1-23-21-25-18-8-7-14(12-20(18)29-21)15-11-19-17(24-13-15)9-10-26(19)22(27)28-16-5-3-2-4-6-16/h7-13,16H,2-6H2,1H3,(H,23,25). The summed E-state index contributed by atoms with van der Waals surface area (Å²) in [6, 6.07) is 10.0. The largest absolute Gasteiger partial charge is 0.446 e. The van der Waals surface area contributed by atoms with Crippen molar-refractivity contribution in [1.29, 1.82) is 0 Å². The molecular formula is C22H22N4O2S. The van der Waals surface area contributed by atoms with Gasteiger partial charge in [-0.1, -0.05) is 23.8 Å². The molecule has 1 saturated carbocycles. The molecule has 0 amide bonds. The van der Waals surface area contributed by atoms with Crippen LogP contribution < -0.4 is 5.32 Å². The Morgan fingerprint density at radius 3 is 2.83 bits per heavy atom. The quantitative estimate of drug-likeness (QED) is 0.474. The summed E-state index contributed by atoms with van der Waals surface area (Å²) in [6.07, 6.45) is 8.71. The Morgan fingerprint density at radius 2 is 2.00 bits per heavy atom. The number of benzene rings is 1. The lowest BCUT2D eigenvalue weighted by Crippen LogP contribution is -2.23. The molecule has 148 valence electrons. The van der Waals surface area contributed by atoms with Crippen molar-refractivity contribution in [2.45, 2.75) is 38.2 Å². The summed E-state index contributed by atoms with van der Waals surface area (Å²) >= 11 is 1.62. The number of carbonyl (C=O) groups is 1. The minimum absolute atomic E-state index is 0.0277. The molecule has 5 rings (SSSR count). The maximum Gasteiger partial charge on any atom is 0.418 e. The molecule has 1 fully saturated rings. The SMILES string of the molecule is CNc1nc2ccc(-c3cnc4ccn(C(=O)OC5CCCCC5)c4c3)cc2s1. The smallest absolute Gasteiger partial charge is 0.418 e. The molecule has 3 aromatic heterocycles. The first kappa shape index (κ1) is 18.1. The lowest BCUT2D eigenvalue weighted by Gasteiger charge is -2.21. The van der Waals surface area contributed by atoms with E-state index in [0.29, 0.717) is 0 Å². The van der Waals surface area contributed by atoms with Crippen LogP contribution in [0, 0.1) is 0 Å². The summed E-state index contributed by atoms with van der Waals surface area (Å²) in [6.45, 7) is 0. The Hall–Kier alpha value is -2.93. The lowest BCUT2D eigenvalue weighted by atomic mass is 9.98. The molecule has 1 aliphatic carbocycles. The first-order chi connectivity index (χ1) is 14.2. The van der Waals surface area contributed by atoms with Gasteiger partial charge in [-0.15, -0.1) is 0 Å². The first-order valence-corrected chi connectivity index (χ1v) is 10.8. The minimum Gasteiger partial charge on any atom is -0.446 e. The molecule has 3 heterocycles. The lowest BCUT2D eigenvalue weighted by molar-refractivity contribution is 0.0772. The Kier molecular flexibility index (Phi) is 4.67. The maximum absolute atomic E-state index is 12.7. The molecule has 4 aromatic rings. The van der Waals surface area contributed by atoms with Crippen molar-refractivity contribution in [3.8, 4) is 11.1 Å². The average Bonchev–Trinajstić information content (AvgIpc) is 3.37. The normalized spacial score (nSPS) is 15.1. The topological polar surface area (TPSA) is 69.0 Å². The van der Waals surface area contributed by atoms with E-state index in [4.69, 9.17) is 4.74 Å². The van der Waals surface area contributed by atoms with Gasteiger partial charge in [-0.25, -0.2) is 9.78 Å². The highest BCUT2D eigenvalue weighted by atomic mass is 32.1. The number of pyridine rings is 1. The van der Waals surface area contributed by atoms with Crippen LogP contribution in [0.1, 0.15) is 32.1 Å². The second-order valence-corrected chi connectivity index (χ2v) is 8.44. The van der Waals surface area contributed by atoms with Crippen molar-refractivity contribution in [2.75, 3.05) is 12.4 Å². The van der Waals surface area contributed by atoms with Crippen LogP contribution in [0.25, 0.3) is 32.4 Å². The van der Waals surface area contributed by atoms with E-state index in [9.17, 15) is 4.79 Å². The van der Waals surface area contributed by atoms with Crippen molar-refractivity contribution in [3.05, 3.63) is 42.7 Å². The van der Waals surface area contributed by atoms with Crippen LogP contribution in [0.2, 0.25) is 0 Å². The van der Waals surface area contributed by atoms with Crippen LogP contribution in [0.15, 0.2) is 42.7 Å². The van der Waals surface area contributed by atoms with Gasteiger partial charge in [0.25, 0.3) is 0 Å². The van der Waals surface area contributed by atoms with Gasteiger partial charge in [0.1, 0.15) is 6.10 Å². The summed E-state index contributed by atoms with van der Waals surface area (Å²) in [5.41, 5.74) is 4.53. The number of carbonyl (C=O) groups excluding carboxylic acids is 1. The van der Waals surface area contributed by atoms with Crippen LogP contribution in [-0.2, 0) is 4.74 Å². The number of thiazole rings is 1. The van der Waals surface area contributed by atoms with Crippen molar-refractivity contribution < 1.29 is 9.53 Å². The van der Waals surface area contributed by atoms with Crippen molar-refractivity contribution in [1.82, 2.24) is 14.5 Å². The van der Waals surface area contributed by atoms with E-state index in [-0.39, 0.29) is 12.2 Å². The third-order valence-corrected chi connectivity index (χ3v) is 6.53. The van der Waals surface area contributed by atoms with Crippen LogP contribution >= 0.6 is 11.3 Å². The van der Waals surface area contributed by atoms with E-state index >= 15 is 0 Å². The summed E-state index contributed by atoms with van der Waals surface area (Å²) in [4.78, 5) is 21.8. The molecule has 0 atom stereocenters. The Morgan fingerprint density at radius 1 is 1.14 bits per heavy atom. The van der Waals surface area contributed by atoms with Gasteiger partial charge in [0.15, 0.2) is 5.13 Å². The van der Waals surface area contributed by atoms with Gasteiger partial charge in [0.05, 0.1) is 21.3 Å². The molecule has 0 unspecified atom stereocenters. The minimum atomic E-state index is -0.317.